The maximum Gasteiger partial charge on any atom is 0.143 e. The average molecular weight is 248 g/mol. The summed E-state index contributed by atoms with van der Waals surface area (Å²) in [5.41, 5.74) is 2.71. The van der Waals surface area contributed by atoms with Gasteiger partial charge in [0.15, 0.2) is 0 Å². The Labute approximate surface area is 111 Å². The molecule has 0 aliphatic rings. The summed E-state index contributed by atoms with van der Waals surface area (Å²) < 4.78 is 5.11. The molecular formula is C16H12N2O. The average Bonchev–Trinajstić information content (AvgIpc) is 2.89. The van der Waals surface area contributed by atoms with Crippen LogP contribution in [0.1, 0.15) is 11.3 Å². The van der Waals surface area contributed by atoms with Gasteiger partial charge in [0.1, 0.15) is 11.4 Å². The second kappa shape index (κ2) is 4.87. The summed E-state index contributed by atoms with van der Waals surface area (Å²) in [5.74, 6) is 7.02. The van der Waals surface area contributed by atoms with Crippen LogP contribution in [0.2, 0.25) is 0 Å². The molecule has 0 amide bonds. The summed E-state index contributed by atoms with van der Waals surface area (Å²) in [6.45, 7) is 0. The van der Waals surface area contributed by atoms with Crippen LogP contribution in [-0.4, -0.2) is 17.3 Å². The molecule has 0 bridgehead atoms. The highest BCUT2D eigenvalue weighted by atomic mass is 16.5. The maximum absolute atomic E-state index is 5.11. The Hall–Kier alpha value is -2.73. The number of benzene rings is 2. The van der Waals surface area contributed by atoms with Gasteiger partial charge in [0.2, 0.25) is 0 Å². The first-order valence-corrected chi connectivity index (χ1v) is 5.96. The fraction of sp³-hybridized carbons (Fsp3) is 0.0625. The summed E-state index contributed by atoms with van der Waals surface area (Å²) in [4.78, 5) is 0. The Morgan fingerprint density at radius 1 is 1.00 bits per heavy atom. The standard InChI is InChI=1S/C16H12N2O/c1-19-13-9-6-12(7-10-13)8-11-16-14-4-2-3-5-15(14)17-18-16/h2-7,9-10H,1H3,(H,17,18). The SMILES string of the molecule is COc1ccc(C#Cc2n[nH]c3ccccc23)cc1. The first-order chi connectivity index (χ1) is 9.36. The van der Waals surface area contributed by atoms with Crippen molar-refractivity contribution in [2.75, 3.05) is 7.11 Å². The van der Waals surface area contributed by atoms with Crippen molar-refractivity contribution in [3.63, 3.8) is 0 Å². The molecule has 0 spiro atoms. The molecule has 92 valence electrons. The van der Waals surface area contributed by atoms with E-state index in [9.17, 15) is 0 Å². The van der Waals surface area contributed by atoms with Gasteiger partial charge in [0, 0.05) is 10.9 Å². The van der Waals surface area contributed by atoms with Gasteiger partial charge in [-0.05, 0) is 42.3 Å². The molecule has 0 saturated carbocycles. The lowest BCUT2D eigenvalue weighted by atomic mass is 10.2. The van der Waals surface area contributed by atoms with E-state index in [1.807, 2.05) is 48.5 Å². The summed E-state index contributed by atoms with van der Waals surface area (Å²) >= 11 is 0. The molecule has 0 aliphatic heterocycles. The van der Waals surface area contributed by atoms with Crippen LogP contribution in [-0.2, 0) is 0 Å². The number of rotatable bonds is 1. The summed E-state index contributed by atoms with van der Waals surface area (Å²) in [5, 5.41) is 8.24. The Balaban J connectivity index is 1.94. The number of H-pyrrole nitrogens is 1. The molecule has 0 unspecified atom stereocenters. The highest BCUT2D eigenvalue weighted by Crippen LogP contribution is 2.14. The van der Waals surface area contributed by atoms with Crippen molar-refractivity contribution in [1.29, 1.82) is 0 Å². The van der Waals surface area contributed by atoms with Crippen LogP contribution in [0.15, 0.2) is 48.5 Å². The molecule has 0 aliphatic carbocycles. The van der Waals surface area contributed by atoms with Gasteiger partial charge in [-0.1, -0.05) is 18.1 Å². The van der Waals surface area contributed by atoms with Gasteiger partial charge in [-0.3, -0.25) is 5.10 Å². The van der Waals surface area contributed by atoms with Crippen molar-refractivity contribution in [2.24, 2.45) is 0 Å². The topological polar surface area (TPSA) is 37.9 Å². The Morgan fingerprint density at radius 2 is 1.79 bits per heavy atom. The Kier molecular flexibility index (Phi) is 2.91. The van der Waals surface area contributed by atoms with E-state index in [1.165, 1.54) is 0 Å². The number of para-hydroxylation sites is 1. The number of fused-ring (bicyclic) bond motifs is 1. The van der Waals surface area contributed by atoms with Crippen molar-refractivity contribution in [1.82, 2.24) is 10.2 Å². The zero-order valence-corrected chi connectivity index (χ0v) is 10.5. The molecule has 1 heterocycles. The van der Waals surface area contributed by atoms with E-state index in [4.69, 9.17) is 4.74 Å². The van der Waals surface area contributed by atoms with Crippen molar-refractivity contribution < 1.29 is 4.74 Å². The molecule has 0 fully saturated rings. The van der Waals surface area contributed by atoms with E-state index < -0.39 is 0 Å². The molecule has 2 aromatic carbocycles. The second-order valence-electron chi connectivity index (χ2n) is 4.10. The summed E-state index contributed by atoms with van der Waals surface area (Å²) in [6, 6.07) is 15.6. The number of aromatic amines is 1. The first kappa shape index (κ1) is 11.4. The minimum atomic E-state index is 0.770. The zero-order chi connectivity index (χ0) is 13.1. The molecule has 1 aromatic heterocycles. The number of ether oxygens (including phenoxy) is 1. The molecule has 3 aromatic rings. The smallest absolute Gasteiger partial charge is 0.143 e. The second-order valence-corrected chi connectivity index (χ2v) is 4.10. The van der Waals surface area contributed by atoms with E-state index in [0.29, 0.717) is 0 Å². The fourth-order valence-corrected chi connectivity index (χ4v) is 1.86. The third-order valence-corrected chi connectivity index (χ3v) is 2.89. The van der Waals surface area contributed by atoms with Gasteiger partial charge in [-0.2, -0.15) is 5.10 Å². The van der Waals surface area contributed by atoms with Crippen LogP contribution < -0.4 is 4.74 Å². The van der Waals surface area contributed by atoms with Gasteiger partial charge in [0.05, 0.1) is 12.6 Å². The van der Waals surface area contributed by atoms with E-state index in [-0.39, 0.29) is 0 Å². The van der Waals surface area contributed by atoms with Gasteiger partial charge in [-0.25, -0.2) is 0 Å². The number of hydrogen-bond acceptors (Lipinski definition) is 2. The van der Waals surface area contributed by atoms with Crippen LogP contribution in [0.5, 0.6) is 5.75 Å². The van der Waals surface area contributed by atoms with E-state index in [1.54, 1.807) is 7.11 Å². The van der Waals surface area contributed by atoms with Crippen molar-refractivity contribution >= 4 is 10.9 Å². The molecule has 1 N–H and O–H groups in total. The van der Waals surface area contributed by atoms with E-state index in [0.717, 1.165) is 27.9 Å². The molecular weight excluding hydrogens is 236 g/mol. The van der Waals surface area contributed by atoms with Gasteiger partial charge >= 0.3 is 0 Å². The van der Waals surface area contributed by atoms with Crippen molar-refractivity contribution in [2.45, 2.75) is 0 Å². The molecule has 0 atom stereocenters. The van der Waals surface area contributed by atoms with Crippen LogP contribution in [0.4, 0.5) is 0 Å². The maximum atomic E-state index is 5.11. The third-order valence-electron chi connectivity index (χ3n) is 2.89. The number of hydrogen-bond donors (Lipinski definition) is 1. The Bertz CT molecular complexity index is 761. The normalized spacial score (nSPS) is 9.95. The van der Waals surface area contributed by atoms with Crippen LogP contribution in [0.3, 0.4) is 0 Å². The molecule has 3 nitrogen and oxygen atoms in total. The molecule has 3 rings (SSSR count). The van der Waals surface area contributed by atoms with Crippen molar-refractivity contribution in [3.8, 4) is 17.6 Å². The predicted octanol–water partition coefficient (Wildman–Crippen LogP) is 2.97. The number of aromatic nitrogens is 2. The predicted molar refractivity (Wildman–Crippen MR) is 75.1 cm³/mol. The minimum Gasteiger partial charge on any atom is -0.497 e. The fourth-order valence-electron chi connectivity index (χ4n) is 1.86. The third kappa shape index (κ3) is 2.29. The quantitative estimate of drug-likeness (QED) is 0.672. The monoisotopic (exact) mass is 248 g/mol. The highest BCUT2D eigenvalue weighted by molar-refractivity contribution is 5.83. The van der Waals surface area contributed by atoms with Gasteiger partial charge in [0.25, 0.3) is 0 Å². The zero-order valence-electron chi connectivity index (χ0n) is 10.5. The molecule has 0 radical (unpaired) electrons. The molecule has 0 saturated heterocycles. The lowest BCUT2D eigenvalue weighted by molar-refractivity contribution is 0.415. The van der Waals surface area contributed by atoms with Gasteiger partial charge in [-0.15, -0.1) is 0 Å². The lowest BCUT2D eigenvalue weighted by Crippen LogP contribution is -1.82. The number of nitrogens with zero attached hydrogens (tertiary/aromatic N) is 1. The van der Waals surface area contributed by atoms with Gasteiger partial charge < -0.3 is 4.74 Å². The van der Waals surface area contributed by atoms with Crippen molar-refractivity contribution in [3.05, 3.63) is 59.8 Å². The number of methoxy groups -OCH3 is 1. The largest absolute Gasteiger partial charge is 0.497 e. The highest BCUT2D eigenvalue weighted by Gasteiger charge is 2.00. The van der Waals surface area contributed by atoms with E-state index in [2.05, 4.69) is 22.0 Å². The van der Waals surface area contributed by atoms with E-state index >= 15 is 0 Å². The molecule has 19 heavy (non-hydrogen) atoms. The minimum absolute atomic E-state index is 0.770. The summed E-state index contributed by atoms with van der Waals surface area (Å²) in [6.07, 6.45) is 0. The number of nitrogens with one attached hydrogen (secondary N) is 1. The lowest BCUT2D eigenvalue weighted by Gasteiger charge is -1.97. The molecule has 3 heteroatoms. The first-order valence-electron chi connectivity index (χ1n) is 5.96. The Morgan fingerprint density at radius 3 is 2.58 bits per heavy atom. The van der Waals surface area contributed by atoms with Crippen LogP contribution >= 0.6 is 0 Å². The van der Waals surface area contributed by atoms with Crippen LogP contribution in [0.25, 0.3) is 10.9 Å². The van der Waals surface area contributed by atoms with Crippen LogP contribution in [0, 0.1) is 11.8 Å². The summed E-state index contributed by atoms with van der Waals surface area (Å²) in [7, 11) is 1.65.